The van der Waals surface area contributed by atoms with Gasteiger partial charge in [0.15, 0.2) is 0 Å². The van der Waals surface area contributed by atoms with E-state index in [1.807, 2.05) is 68.4 Å². The Hall–Kier alpha value is -3.25. The third-order valence-corrected chi connectivity index (χ3v) is 4.84. The van der Waals surface area contributed by atoms with Gasteiger partial charge in [-0.1, -0.05) is 18.2 Å². The van der Waals surface area contributed by atoms with Gasteiger partial charge in [0.25, 0.3) is 5.91 Å². The lowest BCUT2D eigenvalue weighted by Crippen LogP contribution is -2.31. The van der Waals surface area contributed by atoms with Crippen LogP contribution in [0.4, 0.5) is 0 Å². The highest BCUT2D eigenvalue weighted by molar-refractivity contribution is 6.11. The zero-order chi connectivity index (χ0) is 20.4. The van der Waals surface area contributed by atoms with Crippen molar-refractivity contribution in [2.75, 3.05) is 33.8 Å². The smallest absolute Gasteiger partial charge is 0.253 e. The number of carbonyl (C=O) groups is 1. The van der Waals surface area contributed by atoms with Crippen LogP contribution < -0.4 is 10.1 Å². The van der Waals surface area contributed by atoms with E-state index in [0.717, 1.165) is 34.1 Å². The van der Waals surface area contributed by atoms with Crippen LogP contribution in [0.15, 0.2) is 48.5 Å². The molecule has 0 atom stereocenters. The Morgan fingerprint density at radius 1 is 0.966 bits per heavy atom. The molecule has 1 heterocycles. The highest BCUT2D eigenvalue weighted by atomic mass is 16.5. The number of hydrogen-bond acceptors (Lipinski definition) is 5. The topological polar surface area (TPSA) is 67.3 Å². The number of para-hydroxylation sites is 1. The molecule has 0 aliphatic rings. The Bertz CT molecular complexity index is 1200. The van der Waals surface area contributed by atoms with Crippen molar-refractivity contribution in [3.05, 3.63) is 54.1 Å². The van der Waals surface area contributed by atoms with E-state index in [4.69, 9.17) is 14.7 Å². The number of amides is 1. The van der Waals surface area contributed by atoms with Gasteiger partial charge in [0.2, 0.25) is 0 Å². The van der Waals surface area contributed by atoms with Crippen LogP contribution in [0.2, 0.25) is 0 Å². The third kappa shape index (κ3) is 3.71. The van der Waals surface area contributed by atoms with E-state index < -0.39 is 0 Å². The van der Waals surface area contributed by atoms with E-state index in [1.165, 1.54) is 0 Å². The number of benzene rings is 3. The first kappa shape index (κ1) is 19.1. The Balaban J connectivity index is 1.86. The van der Waals surface area contributed by atoms with E-state index in [-0.39, 0.29) is 5.91 Å². The fraction of sp³-hybridized carbons (Fsp3) is 0.261. The van der Waals surface area contributed by atoms with Crippen molar-refractivity contribution < 1.29 is 9.53 Å². The SMILES string of the molecule is CCOc1cccc2c1ccc1nc3cccc(C(=O)NCCN(C)C)c3nc12. The van der Waals surface area contributed by atoms with Crippen molar-refractivity contribution in [3.63, 3.8) is 0 Å². The van der Waals surface area contributed by atoms with Crippen molar-refractivity contribution in [3.8, 4) is 5.75 Å². The molecule has 0 radical (unpaired) electrons. The second-order valence-electron chi connectivity index (χ2n) is 7.17. The number of nitrogens with one attached hydrogen (secondary N) is 1. The molecule has 4 rings (SSSR count). The van der Waals surface area contributed by atoms with E-state index in [0.29, 0.717) is 29.7 Å². The summed E-state index contributed by atoms with van der Waals surface area (Å²) >= 11 is 0. The van der Waals surface area contributed by atoms with E-state index in [9.17, 15) is 4.79 Å². The van der Waals surface area contributed by atoms with Crippen molar-refractivity contribution in [1.82, 2.24) is 20.2 Å². The van der Waals surface area contributed by atoms with Gasteiger partial charge in [-0.25, -0.2) is 9.97 Å². The molecule has 29 heavy (non-hydrogen) atoms. The normalized spacial score (nSPS) is 11.4. The maximum atomic E-state index is 12.8. The zero-order valence-electron chi connectivity index (χ0n) is 16.9. The molecule has 0 aliphatic carbocycles. The summed E-state index contributed by atoms with van der Waals surface area (Å²) in [6.45, 7) is 3.91. The van der Waals surface area contributed by atoms with Crippen LogP contribution in [0, 0.1) is 0 Å². The lowest BCUT2D eigenvalue weighted by atomic mass is 10.1. The second kappa shape index (κ2) is 8.01. The number of nitrogens with zero attached hydrogens (tertiary/aromatic N) is 3. The number of likely N-dealkylation sites (N-methyl/N-ethyl adjacent to an activating group) is 1. The molecule has 4 aromatic rings. The first-order valence-corrected chi connectivity index (χ1v) is 9.76. The molecule has 0 saturated carbocycles. The molecule has 1 aromatic heterocycles. The van der Waals surface area contributed by atoms with Gasteiger partial charge in [-0.05, 0) is 51.4 Å². The molecule has 1 amide bonds. The van der Waals surface area contributed by atoms with Crippen molar-refractivity contribution in [1.29, 1.82) is 0 Å². The standard InChI is InChI=1S/C23H24N4O2/c1-4-29-20-10-6-7-16-15(20)11-12-19-21(16)26-22-17(8-5-9-18(22)25-19)23(28)24-13-14-27(2)3/h5-12H,4,13-14H2,1-3H3,(H,24,28). The first-order chi connectivity index (χ1) is 14.1. The number of fused-ring (bicyclic) bond motifs is 4. The van der Waals surface area contributed by atoms with Gasteiger partial charge in [0, 0.05) is 23.9 Å². The molecule has 0 spiro atoms. The number of ether oxygens (including phenoxy) is 1. The lowest BCUT2D eigenvalue weighted by molar-refractivity contribution is 0.0952. The minimum absolute atomic E-state index is 0.138. The fourth-order valence-corrected chi connectivity index (χ4v) is 3.44. The summed E-state index contributed by atoms with van der Waals surface area (Å²) in [6, 6.07) is 15.4. The molecular formula is C23H24N4O2. The van der Waals surface area contributed by atoms with Crippen LogP contribution in [0.3, 0.4) is 0 Å². The van der Waals surface area contributed by atoms with Crippen molar-refractivity contribution in [2.24, 2.45) is 0 Å². The molecule has 1 N–H and O–H groups in total. The average Bonchev–Trinajstić information content (AvgIpc) is 2.72. The average molecular weight is 388 g/mol. The molecule has 6 heteroatoms. The highest BCUT2D eigenvalue weighted by Crippen LogP contribution is 2.31. The number of rotatable bonds is 6. The van der Waals surface area contributed by atoms with Gasteiger partial charge in [0.1, 0.15) is 11.3 Å². The Labute approximate surface area is 169 Å². The van der Waals surface area contributed by atoms with Crippen LogP contribution in [0.25, 0.3) is 32.8 Å². The Morgan fingerprint density at radius 3 is 2.55 bits per heavy atom. The minimum Gasteiger partial charge on any atom is -0.493 e. The summed E-state index contributed by atoms with van der Waals surface area (Å²) in [7, 11) is 3.95. The molecular weight excluding hydrogens is 364 g/mol. The molecule has 148 valence electrons. The molecule has 3 aromatic carbocycles. The Morgan fingerprint density at radius 2 is 1.76 bits per heavy atom. The van der Waals surface area contributed by atoms with Crippen LogP contribution in [0.5, 0.6) is 5.75 Å². The van der Waals surface area contributed by atoms with Crippen LogP contribution in [-0.4, -0.2) is 54.6 Å². The second-order valence-corrected chi connectivity index (χ2v) is 7.17. The maximum Gasteiger partial charge on any atom is 0.253 e. The minimum atomic E-state index is -0.138. The molecule has 0 aliphatic heterocycles. The summed E-state index contributed by atoms with van der Waals surface area (Å²) < 4.78 is 5.76. The summed E-state index contributed by atoms with van der Waals surface area (Å²) in [5, 5.41) is 4.92. The van der Waals surface area contributed by atoms with E-state index in [2.05, 4.69) is 5.32 Å². The van der Waals surface area contributed by atoms with Gasteiger partial charge in [-0.2, -0.15) is 0 Å². The summed E-state index contributed by atoms with van der Waals surface area (Å²) in [5.74, 6) is 0.685. The Kier molecular flexibility index (Phi) is 5.27. The lowest BCUT2D eigenvalue weighted by Gasteiger charge is -2.12. The highest BCUT2D eigenvalue weighted by Gasteiger charge is 2.14. The zero-order valence-corrected chi connectivity index (χ0v) is 16.9. The van der Waals surface area contributed by atoms with E-state index >= 15 is 0 Å². The fourth-order valence-electron chi connectivity index (χ4n) is 3.44. The van der Waals surface area contributed by atoms with Gasteiger partial charge < -0.3 is 15.0 Å². The van der Waals surface area contributed by atoms with Gasteiger partial charge in [-0.3, -0.25) is 4.79 Å². The first-order valence-electron chi connectivity index (χ1n) is 9.76. The number of hydrogen-bond donors (Lipinski definition) is 1. The van der Waals surface area contributed by atoms with Gasteiger partial charge in [-0.15, -0.1) is 0 Å². The number of carbonyl (C=O) groups excluding carboxylic acids is 1. The molecule has 0 fully saturated rings. The summed E-state index contributed by atoms with van der Waals surface area (Å²) in [5.41, 5.74) is 3.41. The van der Waals surface area contributed by atoms with Gasteiger partial charge in [0.05, 0.1) is 28.7 Å². The quantitative estimate of drug-likeness (QED) is 0.404. The molecule has 6 nitrogen and oxygen atoms in total. The summed E-state index contributed by atoms with van der Waals surface area (Å²) in [4.78, 5) is 24.4. The van der Waals surface area contributed by atoms with Crippen LogP contribution in [-0.2, 0) is 0 Å². The molecule has 0 bridgehead atoms. The molecule has 0 saturated heterocycles. The van der Waals surface area contributed by atoms with Gasteiger partial charge >= 0.3 is 0 Å². The largest absolute Gasteiger partial charge is 0.493 e. The third-order valence-electron chi connectivity index (χ3n) is 4.84. The predicted molar refractivity (Wildman–Crippen MR) is 117 cm³/mol. The number of aromatic nitrogens is 2. The van der Waals surface area contributed by atoms with E-state index in [1.54, 1.807) is 6.07 Å². The maximum absolute atomic E-state index is 12.8. The van der Waals surface area contributed by atoms with Crippen LogP contribution >= 0.6 is 0 Å². The predicted octanol–water partition coefficient (Wildman–Crippen LogP) is 3.63. The van der Waals surface area contributed by atoms with Crippen molar-refractivity contribution in [2.45, 2.75) is 6.92 Å². The summed E-state index contributed by atoms with van der Waals surface area (Å²) in [6.07, 6.45) is 0. The monoisotopic (exact) mass is 388 g/mol. The van der Waals surface area contributed by atoms with Crippen LogP contribution in [0.1, 0.15) is 17.3 Å². The molecule has 0 unspecified atom stereocenters. The van der Waals surface area contributed by atoms with Crippen molar-refractivity contribution >= 4 is 38.7 Å².